The Morgan fingerprint density at radius 3 is 2.62 bits per heavy atom. The van der Waals surface area contributed by atoms with Gasteiger partial charge in [-0.25, -0.2) is 19.9 Å². The fraction of sp³-hybridized carbons (Fsp3) is 0.0952. The van der Waals surface area contributed by atoms with E-state index in [1.807, 2.05) is 44.2 Å². The number of benzene rings is 1. The SMILES string of the molecule is Cc1ccc(C(=O)Nc2ccc(C)c(Nc3nccc(-c4cncnc4)n3)c2)s1. The Morgan fingerprint density at radius 1 is 1.03 bits per heavy atom. The van der Waals surface area contributed by atoms with Gasteiger partial charge in [0.2, 0.25) is 5.95 Å². The number of rotatable bonds is 5. The Kier molecular flexibility index (Phi) is 5.26. The third kappa shape index (κ3) is 4.44. The number of hydrogen-bond acceptors (Lipinski definition) is 7. The largest absolute Gasteiger partial charge is 0.324 e. The minimum atomic E-state index is -0.125. The molecule has 0 unspecified atom stereocenters. The van der Waals surface area contributed by atoms with Gasteiger partial charge in [0.05, 0.1) is 10.6 Å². The molecule has 144 valence electrons. The zero-order valence-electron chi connectivity index (χ0n) is 15.9. The van der Waals surface area contributed by atoms with Crippen LogP contribution in [0.5, 0.6) is 0 Å². The summed E-state index contributed by atoms with van der Waals surface area (Å²) in [5, 5.41) is 6.16. The number of hydrogen-bond donors (Lipinski definition) is 2. The van der Waals surface area contributed by atoms with Gasteiger partial charge >= 0.3 is 0 Å². The maximum Gasteiger partial charge on any atom is 0.265 e. The lowest BCUT2D eigenvalue weighted by Gasteiger charge is -2.12. The quantitative estimate of drug-likeness (QED) is 0.506. The van der Waals surface area contributed by atoms with Crippen molar-refractivity contribution < 1.29 is 4.79 Å². The normalized spacial score (nSPS) is 10.6. The Morgan fingerprint density at radius 2 is 1.86 bits per heavy atom. The fourth-order valence-electron chi connectivity index (χ4n) is 2.72. The van der Waals surface area contributed by atoms with Crippen molar-refractivity contribution in [3.05, 3.63) is 76.6 Å². The van der Waals surface area contributed by atoms with Gasteiger partial charge in [-0.1, -0.05) is 6.07 Å². The summed E-state index contributed by atoms with van der Waals surface area (Å²) in [6.07, 6.45) is 6.56. The number of amides is 1. The highest BCUT2D eigenvalue weighted by atomic mass is 32.1. The lowest BCUT2D eigenvalue weighted by molar-refractivity contribution is 0.103. The summed E-state index contributed by atoms with van der Waals surface area (Å²) in [7, 11) is 0. The molecule has 4 rings (SSSR count). The van der Waals surface area contributed by atoms with E-state index in [0.717, 1.165) is 27.4 Å². The van der Waals surface area contributed by atoms with Crippen LogP contribution in [-0.2, 0) is 0 Å². The first-order valence-corrected chi connectivity index (χ1v) is 9.74. The third-order valence-electron chi connectivity index (χ3n) is 4.22. The van der Waals surface area contributed by atoms with E-state index in [9.17, 15) is 4.79 Å². The molecule has 1 aromatic carbocycles. The molecule has 2 N–H and O–H groups in total. The van der Waals surface area contributed by atoms with E-state index in [0.29, 0.717) is 16.5 Å². The Bertz CT molecular complexity index is 1160. The average Bonchev–Trinajstić information content (AvgIpc) is 3.18. The van der Waals surface area contributed by atoms with Crippen LogP contribution in [0.4, 0.5) is 17.3 Å². The van der Waals surface area contributed by atoms with E-state index in [1.54, 1.807) is 24.7 Å². The van der Waals surface area contributed by atoms with Gasteiger partial charge in [0.1, 0.15) is 6.33 Å². The van der Waals surface area contributed by atoms with Crippen LogP contribution in [0.3, 0.4) is 0 Å². The molecule has 0 atom stereocenters. The monoisotopic (exact) mass is 402 g/mol. The fourth-order valence-corrected chi connectivity index (χ4v) is 3.48. The standard InChI is InChI=1S/C21H18N6OS/c1-13-3-5-16(25-20(28)19-6-4-14(2)29-19)9-18(13)27-21-24-8-7-17(26-21)15-10-22-12-23-11-15/h3-12H,1-2H3,(H,25,28)(H,24,26,27). The van der Waals surface area contributed by atoms with Crippen LogP contribution >= 0.6 is 11.3 Å². The van der Waals surface area contributed by atoms with Crippen molar-refractivity contribution in [2.75, 3.05) is 10.6 Å². The summed E-state index contributed by atoms with van der Waals surface area (Å²) in [6, 6.07) is 11.2. The summed E-state index contributed by atoms with van der Waals surface area (Å²) in [6.45, 7) is 3.95. The highest BCUT2D eigenvalue weighted by molar-refractivity contribution is 7.14. The molecule has 0 fully saturated rings. The molecule has 0 radical (unpaired) electrons. The van der Waals surface area contributed by atoms with Crippen LogP contribution < -0.4 is 10.6 Å². The summed E-state index contributed by atoms with van der Waals surface area (Å²) >= 11 is 1.47. The molecule has 0 saturated carbocycles. The molecule has 0 spiro atoms. The van der Waals surface area contributed by atoms with Crippen LogP contribution in [0.1, 0.15) is 20.1 Å². The van der Waals surface area contributed by atoms with Crippen LogP contribution in [0.25, 0.3) is 11.3 Å². The van der Waals surface area contributed by atoms with Gasteiger partial charge in [0, 0.05) is 40.4 Å². The smallest absolute Gasteiger partial charge is 0.265 e. The van der Waals surface area contributed by atoms with Gasteiger partial charge in [-0.2, -0.15) is 0 Å². The number of nitrogens with zero attached hydrogens (tertiary/aromatic N) is 4. The zero-order chi connectivity index (χ0) is 20.2. The summed E-state index contributed by atoms with van der Waals surface area (Å²) in [5.74, 6) is 0.326. The van der Waals surface area contributed by atoms with Crippen LogP contribution in [0.2, 0.25) is 0 Å². The van der Waals surface area contributed by atoms with Crippen molar-refractivity contribution in [2.24, 2.45) is 0 Å². The van der Waals surface area contributed by atoms with E-state index in [-0.39, 0.29) is 5.91 Å². The predicted molar refractivity (Wildman–Crippen MR) is 115 cm³/mol. The van der Waals surface area contributed by atoms with Gasteiger partial charge < -0.3 is 10.6 Å². The van der Waals surface area contributed by atoms with E-state index >= 15 is 0 Å². The second-order valence-corrected chi connectivity index (χ2v) is 7.70. The number of nitrogens with one attached hydrogen (secondary N) is 2. The molecular weight excluding hydrogens is 384 g/mol. The second-order valence-electron chi connectivity index (χ2n) is 6.41. The highest BCUT2D eigenvalue weighted by Gasteiger charge is 2.10. The summed E-state index contributed by atoms with van der Waals surface area (Å²) < 4.78 is 0. The molecule has 29 heavy (non-hydrogen) atoms. The highest BCUT2D eigenvalue weighted by Crippen LogP contribution is 2.25. The lowest BCUT2D eigenvalue weighted by Crippen LogP contribution is -2.10. The van der Waals surface area contributed by atoms with Gasteiger partial charge in [-0.05, 0) is 49.7 Å². The number of aromatic nitrogens is 4. The molecular formula is C21H18N6OS. The molecule has 1 amide bonds. The molecule has 0 bridgehead atoms. The van der Waals surface area contributed by atoms with E-state index in [2.05, 4.69) is 30.6 Å². The first-order chi connectivity index (χ1) is 14.1. The van der Waals surface area contributed by atoms with Crippen molar-refractivity contribution in [1.82, 2.24) is 19.9 Å². The molecule has 0 saturated heterocycles. The first kappa shape index (κ1) is 18.7. The van der Waals surface area contributed by atoms with Gasteiger partial charge in [0.25, 0.3) is 5.91 Å². The van der Waals surface area contributed by atoms with Gasteiger partial charge in [0.15, 0.2) is 0 Å². The molecule has 7 nitrogen and oxygen atoms in total. The van der Waals surface area contributed by atoms with Crippen LogP contribution in [0.15, 0.2) is 61.3 Å². The first-order valence-electron chi connectivity index (χ1n) is 8.92. The maximum absolute atomic E-state index is 12.4. The van der Waals surface area contributed by atoms with Crippen molar-refractivity contribution in [2.45, 2.75) is 13.8 Å². The molecule has 3 heterocycles. The molecule has 0 aliphatic rings. The maximum atomic E-state index is 12.4. The zero-order valence-corrected chi connectivity index (χ0v) is 16.7. The Hall–Kier alpha value is -3.65. The van der Waals surface area contributed by atoms with Crippen molar-refractivity contribution >= 4 is 34.6 Å². The van der Waals surface area contributed by atoms with Crippen LogP contribution in [0, 0.1) is 13.8 Å². The molecule has 4 aromatic rings. The number of anilines is 3. The van der Waals surface area contributed by atoms with E-state index in [4.69, 9.17) is 0 Å². The third-order valence-corrected chi connectivity index (χ3v) is 5.22. The molecule has 0 aliphatic carbocycles. The number of carbonyl (C=O) groups excluding carboxylic acids is 1. The summed E-state index contributed by atoms with van der Waals surface area (Å²) in [5.41, 5.74) is 4.04. The number of aryl methyl sites for hydroxylation is 2. The minimum Gasteiger partial charge on any atom is -0.324 e. The predicted octanol–water partition coefficient (Wildman–Crippen LogP) is 4.61. The van der Waals surface area contributed by atoms with Crippen molar-refractivity contribution in [1.29, 1.82) is 0 Å². The minimum absolute atomic E-state index is 0.125. The van der Waals surface area contributed by atoms with Crippen LogP contribution in [-0.4, -0.2) is 25.8 Å². The molecule has 0 aliphatic heterocycles. The van der Waals surface area contributed by atoms with Crippen molar-refractivity contribution in [3.8, 4) is 11.3 Å². The van der Waals surface area contributed by atoms with Crippen molar-refractivity contribution in [3.63, 3.8) is 0 Å². The number of thiophene rings is 1. The van der Waals surface area contributed by atoms with E-state index in [1.165, 1.54) is 17.7 Å². The van der Waals surface area contributed by atoms with Gasteiger partial charge in [-0.3, -0.25) is 4.79 Å². The summed E-state index contributed by atoms with van der Waals surface area (Å²) in [4.78, 5) is 31.1. The Labute approximate surface area is 171 Å². The molecule has 3 aromatic heterocycles. The molecule has 8 heteroatoms. The Balaban J connectivity index is 1.55. The lowest BCUT2D eigenvalue weighted by atomic mass is 10.1. The second kappa shape index (κ2) is 8.15. The van der Waals surface area contributed by atoms with E-state index < -0.39 is 0 Å². The number of carbonyl (C=O) groups is 1. The van der Waals surface area contributed by atoms with Gasteiger partial charge in [-0.15, -0.1) is 11.3 Å². The topological polar surface area (TPSA) is 92.7 Å². The average molecular weight is 402 g/mol.